The number of hydrogen-bond donors (Lipinski definition) is 1. The molecule has 1 fully saturated rings. The van der Waals surface area contributed by atoms with Crippen LogP contribution in [0, 0.1) is 0 Å². The Morgan fingerprint density at radius 3 is 2.52 bits per heavy atom. The van der Waals surface area contributed by atoms with Crippen LogP contribution in [0.4, 0.5) is 11.4 Å². The van der Waals surface area contributed by atoms with Gasteiger partial charge in [-0.25, -0.2) is 0 Å². The minimum Gasteiger partial charge on any atom is -0.451 e. The second kappa shape index (κ2) is 8.70. The number of nitrogens with one attached hydrogen (secondary N) is 1. The zero-order chi connectivity index (χ0) is 20.4. The fraction of sp³-hybridized carbons (Fsp3) is 0.227. The van der Waals surface area contributed by atoms with Crippen LogP contribution in [-0.4, -0.2) is 19.0 Å². The lowest BCUT2D eigenvalue weighted by atomic mass is 10.1. The van der Waals surface area contributed by atoms with Gasteiger partial charge < -0.3 is 14.6 Å². The normalized spacial score (nSPS) is 14.1. The summed E-state index contributed by atoms with van der Waals surface area (Å²) in [5, 5.41) is 4.60. The molecule has 1 aliphatic rings. The molecule has 1 saturated heterocycles. The summed E-state index contributed by atoms with van der Waals surface area (Å²) in [7, 11) is 0. The highest BCUT2D eigenvalue weighted by atomic mass is 35.5. The van der Waals surface area contributed by atoms with Crippen LogP contribution in [0.3, 0.4) is 0 Å². The standard InChI is InChI=1S/C22H19Cl3N2O2/c23-14-7-8-16(24)15(13-14)19-9-10-20(29-19)22(28)26-18-6-4-5-17(25)21(18)27-11-2-1-3-12-27/h4-10,13H,1-3,11-12H2,(H,26,28). The third-order valence-electron chi connectivity index (χ3n) is 4.93. The van der Waals surface area contributed by atoms with E-state index in [2.05, 4.69) is 10.2 Å². The summed E-state index contributed by atoms with van der Waals surface area (Å²) < 4.78 is 5.75. The lowest BCUT2D eigenvalue weighted by molar-refractivity contribution is 0.0997. The molecule has 4 rings (SSSR count). The summed E-state index contributed by atoms with van der Waals surface area (Å²) >= 11 is 18.8. The van der Waals surface area contributed by atoms with Gasteiger partial charge in [0.1, 0.15) is 5.76 Å². The monoisotopic (exact) mass is 448 g/mol. The molecular weight excluding hydrogens is 431 g/mol. The van der Waals surface area contributed by atoms with Gasteiger partial charge in [-0.2, -0.15) is 0 Å². The van der Waals surface area contributed by atoms with Crippen LogP contribution < -0.4 is 10.2 Å². The summed E-state index contributed by atoms with van der Waals surface area (Å²) in [5.74, 6) is 0.306. The van der Waals surface area contributed by atoms with E-state index in [1.807, 2.05) is 18.2 Å². The molecule has 1 amide bonds. The molecule has 1 aliphatic heterocycles. The number of anilines is 2. The van der Waals surface area contributed by atoms with Crippen LogP contribution in [0.15, 0.2) is 52.9 Å². The molecule has 0 spiro atoms. The van der Waals surface area contributed by atoms with E-state index in [1.165, 1.54) is 6.42 Å². The minimum absolute atomic E-state index is 0.181. The number of furan rings is 1. The van der Waals surface area contributed by atoms with Gasteiger partial charge in [0, 0.05) is 23.7 Å². The fourth-order valence-electron chi connectivity index (χ4n) is 3.53. The van der Waals surface area contributed by atoms with Gasteiger partial charge in [0.25, 0.3) is 5.91 Å². The smallest absolute Gasteiger partial charge is 0.291 e. The van der Waals surface area contributed by atoms with Gasteiger partial charge in [-0.15, -0.1) is 0 Å². The molecule has 0 atom stereocenters. The zero-order valence-electron chi connectivity index (χ0n) is 15.6. The van der Waals surface area contributed by atoms with E-state index in [4.69, 9.17) is 39.2 Å². The Kier molecular flexibility index (Phi) is 6.04. The number of para-hydroxylation sites is 1. The lowest BCUT2D eigenvalue weighted by Gasteiger charge is -2.31. The molecule has 0 saturated carbocycles. The van der Waals surface area contributed by atoms with E-state index >= 15 is 0 Å². The van der Waals surface area contributed by atoms with Crippen molar-refractivity contribution < 1.29 is 9.21 Å². The largest absolute Gasteiger partial charge is 0.451 e. The van der Waals surface area contributed by atoms with Crippen molar-refractivity contribution in [3.63, 3.8) is 0 Å². The number of carbonyl (C=O) groups excluding carboxylic acids is 1. The topological polar surface area (TPSA) is 45.5 Å². The number of benzene rings is 2. The summed E-state index contributed by atoms with van der Waals surface area (Å²) in [4.78, 5) is 15.1. The number of carbonyl (C=O) groups is 1. The third kappa shape index (κ3) is 4.40. The Morgan fingerprint density at radius 2 is 1.72 bits per heavy atom. The van der Waals surface area contributed by atoms with Crippen LogP contribution in [0.5, 0.6) is 0 Å². The van der Waals surface area contributed by atoms with E-state index in [-0.39, 0.29) is 11.7 Å². The maximum atomic E-state index is 12.8. The molecule has 2 heterocycles. The van der Waals surface area contributed by atoms with E-state index in [0.717, 1.165) is 31.6 Å². The highest BCUT2D eigenvalue weighted by Crippen LogP contribution is 2.36. The molecule has 0 aliphatic carbocycles. The average molecular weight is 450 g/mol. The molecular formula is C22H19Cl3N2O2. The summed E-state index contributed by atoms with van der Waals surface area (Å²) in [6, 6.07) is 13.9. The van der Waals surface area contributed by atoms with Crippen molar-refractivity contribution in [3.8, 4) is 11.3 Å². The highest BCUT2D eigenvalue weighted by molar-refractivity contribution is 6.35. The van der Waals surface area contributed by atoms with Crippen LogP contribution in [0.25, 0.3) is 11.3 Å². The SMILES string of the molecule is O=C(Nc1cccc(Cl)c1N1CCCCC1)c1ccc(-c2cc(Cl)ccc2Cl)o1. The molecule has 0 radical (unpaired) electrons. The van der Waals surface area contributed by atoms with E-state index in [9.17, 15) is 4.79 Å². The summed E-state index contributed by atoms with van der Waals surface area (Å²) in [6.07, 6.45) is 3.44. The number of halogens is 3. The Labute approximate surface area is 184 Å². The average Bonchev–Trinajstić information content (AvgIpc) is 3.21. The molecule has 4 nitrogen and oxygen atoms in total. The maximum Gasteiger partial charge on any atom is 0.291 e. The Hall–Kier alpha value is -2.14. The predicted octanol–water partition coefficient (Wildman–Crippen LogP) is 7.15. The van der Waals surface area contributed by atoms with Crippen LogP contribution in [0.2, 0.25) is 15.1 Å². The van der Waals surface area contributed by atoms with Gasteiger partial charge >= 0.3 is 0 Å². The van der Waals surface area contributed by atoms with Crippen molar-refractivity contribution in [2.75, 3.05) is 23.3 Å². The van der Waals surface area contributed by atoms with Crippen LogP contribution >= 0.6 is 34.8 Å². The lowest BCUT2D eigenvalue weighted by Crippen LogP contribution is -2.30. The van der Waals surface area contributed by atoms with Crippen molar-refractivity contribution >= 4 is 52.1 Å². The van der Waals surface area contributed by atoms with E-state index < -0.39 is 0 Å². The second-order valence-corrected chi connectivity index (χ2v) is 8.18. The number of amides is 1. The molecule has 0 bridgehead atoms. The second-order valence-electron chi connectivity index (χ2n) is 6.93. The molecule has 3 aromatic rings. The zero-order valence-corrected chi connectivity index (χ0v) is 17.8. The first-order chi connectivity index (χ1) is 14.0. The van der Waals surface area contributed by atoms with Crippen molar-refractivity contribution in [3.05, 3.63) is 69.4 Å². The minimum atomic E-state index is -0.352. The van der Waals surface area contributed by atoms with Crippen LogP contribution in [0.1, 0.15) is 29.8 Å². The van der Waals surface area contributed by atoms with Gasteiger partial charge in [-0.3, -0.25) is 4.79 Å². The number of hydrogen-bond acceptors (Lipinski definition) is 3. The van der Waals surface area contributed by atoms with Crippen molar-refractivity contribution in [1.29, 1.82) is 0 Å². The molecule has 2 aromatic carbocycles. The molecule has 7 heteroatoms. The predicted molar refractivity (Wildman–Crippen MR) is 120 cm³/mol. The first-order valence-corrected chi connectivity index (χ1v) is 10.6. The van der Waals surface area contributed by atoms with Gasteiger partial charge in [0.2, 0.25) is 0 Å². The quantitative estimate of drug-likeness (QED) is 0.460. The highest BCUT2D eigenvalue weighted by Gasteiger charge is 2.21. The Morgan fingerprint density at radius 1 is 0.931 bits per heavy atom. The van der Waals surface area contributed by atoms with Crippen molar-refractivity contribution in [2.24, 2.45) is 0 Å². The van der Waals surface area contributed by atoms with Gasteiger partial charge in [-0.1, -0.05) is 40.9 Å². The molecule has 29 heavy (non-hydrogen) atoms. The number of rotatable bonds is 4. The van der Waals surface area contributed by atoms with E-state index in [0.29, 0.717) is 32.1 Å². The summed E-state index contributed by atoms with van der Waals surface area (Å²) in [6.45, 7) is 1.84. The Balaban J connectivity index is 1.59. The van der Waals surface area contributed by atoms with Crippen LogP contribution in [-0.2, 0) is 0 Å². The third-order valence-corrected chi connectivity index (χ3v) is 5.80. The van der Waals surface area contributed by atoms with Gasteiger partial charge in [0.05, 0.1) is 21.4 Å². The molecule has 0 unspecified atom stereocenters. The first kappa shape index (κ1) is 20.1. The summed E-state index contributed by atoms with van der Waals surface area (Å²) in [5.41, 5.74) is 2.16. The molecule has 150 valence electrons. The first-order valence-electron chi connectivity index (χ1n) is 9.43. The number of piperidine rings is 1. The fourth-order valence-corrected chi connectivity index (χ4v) is 4.21. The van der Waals surface area contributed by atoms with Crippen molar-refractivity contribution in [1.82, 2.24) is 0 Å². The molecule has 1 N–H and O–H groups in total. The number of nitrogens with zero attached hydrogens (tertiary/aromatic N) is 1. The molecule has 1 aromatic heterocycles. The maximum absolute atomic E-state index is 12.8. The van der Waals surface area contributed by atoms with Gasteiger partial charge in [-0.05, 0) is 61.7 Å². The van der Waals surface area contributed by atoms with Gasteiger partial charge in [0.15, 0.2) is 5.76 Å². The van der Waals surface area contributed by atoms with Crippen molar-refractivity contribution in [2.45, 2.75) is 19.3 Å². The van der Waals surface area contributed by atoms with E-state index in [1.54, 1.807) is 30.3 Å². The Bertz CT molecular complexity index is 1040.